The molecule has 23 heavy (non-hydrogen) atoms. The van der Waals surface area contributed by atoms with Crippen LogP contribution in [0.1, 0.15) is 24.8 Å². The molecular formula is C18H19NO4. The Balaban J connectivity index is 2.10. The van der Waals surface area contributed by atoms with Crippen LogP contribution in [0.3, 0.4) is 0 Å². The van der Waals surface area contributed by atoms with Gasteiger partial charge < -0.3 is 15.2 Å². The van der Waals surface area contributed by atoms with E-state index in [1.54, 1.807) is 48.5 Å². The summed E-state index contributed by atoms with van der Waals surface area (Å²) in [7, 11) is 0. The summed E-state index contributed by atoms with van der Waals surface area (Å²) in [5, 5.41) is 12.1. The Morgan fingerprint density at radius 2 is 1.74 bits per heavy atom. The van der Waals surface area contributed by atoms with Gasteiger partial charge in [0.05, 0.1) is 18.2 Å². The molecule has 5 nitrogen and oxygen atoms in total. The van der Waals surface area contributed by atoms with Crippen LogP contribution in [-0.4, -0.2) is 23.6 Å². The standard InChI is InChI=1S/C18H19NO4/c1-2-23-16-11-7-6-10-15(16)19-17(20)12-14(18(21)22)13-8-4-3-5-9-13/h3-11,14H,2,12H2,1H3,(H,19,20)(H,21,22)/t14-/m0/s1. The summed E-state index contributed by atoms with van der Waals surface area (Å²) in [5.74, 6) is -1.71. The highest BCUT2D eigenvalue weighted by atomic mass is 16.5. The van der Waals surface area contributed by atoms with Crippen LogP contribution in [0.5, 0.6) is 5.75 Å². The Kier molecular flexibility index (Phi) is 5.74. The van der Waals surface area contributed by atoms with Crippen molar-refractivity contribution in [2.75, 3.05) is 11.9 Å². The topological polar surface area (TPSA) is 75.6 Å². The molecule has 2 rings (SSSR count). The molecule has 0 saturated heterocycles. The average Bonchev–Trinajstić information content (AvgIpc) is 2.55. The lowest BCUT2D eigenvalue weighted by atomic mass is 9.95. The highest BCUT2D eigenvalue weighted by Gasteiger charge is 2.23. The molecule has 0 aliphatic carbocycles. The minimum atomic E-state index is -1.02. The van der Waals surface area contributed by atoms with Crippen LogP contribution < -0.4 is 10.1 Å². The van der Waals surface area contributed by atoms with Crippen LogP contribution in [0.4, 0.5) is 5.69 Å². The van der Waals surface area contributed by atoms with E-state index in [4.69, 9.17) is 4.74 Å². The maximum Gasteiger partial charge on any atom is 0.311 e. The van der Waals surface area contributed by atoms with Crippen LogP contribution >= 0.6 is 0 Å². The summed E-state index contributed by atoms with van der Waals surface area (Å²) in [6, 6.07) is 15.8. The number of rotatable bonds is 7. The van der Waals surface area contributed by atoms with Crippen molar-refractivity contribution < 1.29 is 19.4 Å². The maximum absolute atomic E-state index is 12.2. The van der Waals surface area contributed by atoms with E-state index in [9.17, 15) is 14.7 Å². The molecule has 120 valence electrons. The van der Waals surface area contributed by atoms with Gasteiger partial charge in [-0.25, -0.2) is 0 Å². The molecule has 2 aromatic rings. The molecule has 0 fully saturated rings. The third-order valence-electron chi connectivity index (χ3n) is 3.35. The van der Waals surface area contributed by atoms with Crippen molar-refractivity contribution >= 4 is 17.6 Å². The predicted octanol–water partition coefficient (Wildman–Crippen LogP) is 3.28. The molecule has 2 N–H and O–H groups in total. The van der Waals surface area contributed by atoms with E-state index in [2.05, 4.69) is 5.32 Å². The largest absolute Gasteiger partial charge is 0.492 e. The zero-order valence-electron chi connectivity index (χ0n) is 12.9. The normalized spacial score (nSPS) is 11.5. The van der Waals surface area contributed by atoms with Crippen molar-refractivity contribution in [3.8, 4) is 5.75 Å². The predicted molar refractivity (Wildman–Crippen MR) is 87.7 cm³/mol. The molecule has 2 aromatic carbocycles. The fourth-order valence-electron chi connectivity index (χ4n) is 2.27. The Hall–Kier alpha value is -2.82. The molecule has 0 unspecified atom stereocenters. The Labute approximate surface area is 134 Å². The highest BCUT2D eigenvalue weighted by molar-refractivity contribution is 5.95. The first-order chi connectivity index (χ1) is 11.1. The second kappa shape index (κ2) is 7.98. The molecular weight excluding hydrogens is 294 g/mol. The first-order valence-electron chi connectivity index (χ1n) is 7.41. The van der Waals surface area contributed by atoms with Crippen LogP contribution in [0, 0.1) is 0 Å². The van der Waals surface area contributed by atoms with Gasteiger partial charge in [-0.2, -0.15) is 0 Å². The molecule has 0 spiro atoms. The van der Waals surface area contributed by atoms with Gasteiger partial charge in [-0.3, -0.25) is 9.59 Å². The van der Waals surface area contributed by atoms with E-state index in [1.165, 1.54) is 0 Å². The van der Waals surface area contributed by atoms with E-state index in [0.717, 1.165) is 0 Å². The lowest BCUT2D eigenvalue weighted by molar-refractivity contribution is -0.140. The van der Waals surface area contributed by atoms with Gasteiger partial charge in [-0.1, -0.05) is 42.5 Å². The number of hydrogen-bond donors (Lipinski definition) is 2. The summed E-state index contributed by atoms with van der Waals surface area (Å²) in [5.41, 5.74) is 1.14. The molecule has 0 aromatic heterocycles. The number of hydrogen-bond acceptors (Lipinski definition) is 3. The van der Waals surface area contributed by atoms with Gasteiger partial charge >= 0.3 is 5.97 Å². The summed E-state index contributed by atoms with van der Waals surface area (Å²) in [4.78, 5) is 23.7. The molecule has 0 aliphatic heterocycles. The van der Waals surface area contributed by atoms with E-state index < -0.39 is 11.9 Å². The number of anilines is 1. The fraction of sp³-hybridized carbons (Fsp3) is 0.222. The Morgan fingerprint density at radius 3 is 2.39 bits per heavy atom. The van der Waals surface area contributed by atoms with Crippen molar-refractivity contribution in [3.63, 3.8) is 0 Å². The smallest absolute Gasteiger partial charge is 0.311 e. The summed E-state index contributed by atoms with van der Waals surface area (Å²) < 4.78 is 5.44. The number of carbonyl (C=O) groups excluding carboxylic acids is 1. The van der Waals surface area contributed by atoms with Gasteiger partial charge in [-0.15, -0.1) is 0 Å². The third kappa shape index (κ3) is 4.57. The zero-order chi connectivity index (χ0) is 16.7. The van der Waals surface area contributed by atoms with Crippen molar-refractivity contribution in [2.24, 2.45) is 0 Å². The van der Waals surface area contributed by atoms with Crippen LogP contribution in [-0.2, 0) is 9.59 Å². The minimum Gasteiger partial charge on any atom is -0.492 e. The number of carboxylic acid groups (broad SMARTS) is 1. The van der Waals surface area contributed by atoms with E-state index >= 15 is 0 Å². The molecule has 0 aliphatic rings. The van der Waals surface area contributed by atoms with Crippen molar-refractivity contribution in [3.05, 3.63) is 60.2 Å². The number of nitrogens with one attached hydrogen (secondary N) is 1. The first-order valence-corrected chi connectivity index (χ1v) is 7.41. The van der Waals surface area contributed by atoms with E-state index in [-0.39, 0.29) is 12.3 Å². The quantitative estimate of drug-likeness (QED) is 0.822. The number of ether oxygens (including phenoxy) is 1. The Bertz CT molecular complexity index is 670. The minimum absolute atomic E-state index is 0.139. The lowest BCUT2D eigenvalue weighted by Crippen LogP contribution is -2.21. The molecule has 0 radical (unpaired) electrons. The van der Waals surface area contributed by atoms with Gasteiger partial charge in [0.15, 0.2) is 0 Å². The van der Waals surface area contributed by atoms with Crippen LogP contribution in [0.15, 0.2) is 54.6 Å². The van der Waals surface area contributed by atoms with Gasteiger partial charge in [0.25, 0.3) is 0 Å². The summed E-state index contributed by atoms with van der Waals surface area (Å²) >= 11 is 0. The monoisotopic (exact) mass is 313 g/mol. The second-order valence-corrected chi connectivity index (χ2v) is 4.98. The highest BCUT2D eigenvalue weighted by Crippen LogP contribution is 2.25. The van der Waals surface area contributed by atoms with Gasteiger partial charge in [0, 0.05) is 6.42 Å². The SMILES string of the molecule is CCOc1ccccc1NC(=O)C[C@H](C(=O)O)c1ccccc1. The number of carbonyl (C=O) groups is 2. The van der Waals surface area contributed by atoms with E-state index in [1.807, 2.05) is 13.0 Å². The molecule has 5 heteroatoms. The van der Waals surface area contributed by atoms with Crippen LogP contribution in [0.2, 0.25) is 0 Å². The van der Waals surface area contributed by atoms with Crippen LogP contribution in [0.25, 0.3) is 0 Å². The maximum atomic E-state index is 12.2. The van der Waals surface area contributed by atoms with Crippen molar-refractivity contribution in [1.29, 1.82) is 0 Å². The first kappa shape index (κ1) is 16.5. The second-order valence-electron chi connectivity index (χ2n) is 4.98. The molecule has 1 amide bonds. The average molecular weight is 313 g/mol. The number of carboxylic acids is 1. The van der Waals surface area contributed by atoms with E-state index in [0.29, 0.717) is 23.6 Å². The molecule has 0 bridgehead atoms. The van der Waals surface area contributed by atoms with Gasteiger partial charge in [0.2, 0.25) is 5.91 Å². The molecule has 1 atom stereocenters. The van der Waals surface area contributed by atoms with Crippen molar-refractivity contribution in [2.45, 2.75) is 19.3 Å². The zero-order valence-corrected chi connectivity index (χ0v) is 12.9. The number of aliphatic carboxylic acids is 1. The molecule has 0 heterocycles. The van der Waals surface area contributed by atoms with Gasteiger partial charge in [0.1, 0.15) is 5.75 Å². The number of amides is 1. The number of benzene rings is 2. The summed E-state index contributed by atoms with van der Waals surface area (Å²) in [6.45, 7) is 2.34. The fourth-order valence-corrected chi connectivity index (χ4v) is 2.27. The third-order valence-corrected chi connectivity index (χ3v) is 3.35. The number of para-hydroxylation sites is 2. The van der Waals surface area contributed by atoms with Crippen molar-refractivity contribution in [1.82, 2.24) is 0 Å². The Morgan fingerprint density at radius 1 is 1.09 bits per heavy atom. The summed E-state index contributed by atoms with van der Waals surface area (Å²) in [6.07, 6.45) is -0.139. The van der Waals surface area contributed by atoms with Gasteiger partial charge in [-0.05, 0) is 24.6 Å². The lowest BCUT2D eigenvalue weighted by Gasteiger charge is -2.14. The molecule has 0 saturated carbocycles.